The molecule has 1 aliphatic rings. The highest BCUT2D eigenvalue weighted by molar-refractivity contribution is 5.78. The molecule has 1 aliphatic heterocycles. The summed E-state index contributed by atoms with van der Waals surface area (Å²) in [5.74, 6) is 0.0977. The second-order valence-corrected chi connectivity index (χ2v) is 6.17. The maximum absolute atomic E-state index is 12.1. The van der Waals surface area contributed by atoms with Crippen LogP contribution in [0.15, 0.2) is 24.3 Å². The maximum Gasteiger partial charge on any atom is 0.234 e. The maximum atomic E-state index is 12.1. The fraction of sp³-hybridized carbons (Fsp3) is 0.562. The van der Waals surface area contributed by atoms with Gasteiger partial charge >= 0.3 is 0 Å². The molecule has 1 fully saturated rings. The molecule has 1 heterocycles. The number of aryl methyl sites for hydroxylation is 1. The third-order valence-electron chi connectivity index (χ3n) is 3.92. The van der Waals surface area contributed by atoms with E-state index in [2.05, 4.69) is 60.6 Å². The van der Waals surface area contributed by atoms with Gasteiger partial charge in [0.15, 0.2) is 0 Å². The molecule has 110 valence electrons. The molecule has 0 aliphatic carbocycles. The van der Waals surface area contributed by atoms with Crippen molar-refractivity contribution in [2.24, 2.45) is 0 Å². The SMILES string of the molecule is Cc1ccc(CNC(=O)CN2CCNCC2(C)C)cc1. The summed E-state index contributed by atoms with van der Waals surface area (Å²) in [5.41, 5.74) is 2.42. The smallest absolute Gasteiger partial charge is 0.234 e. The Morgan fingerprint density at radius 2 is 2.05 bits per heavy atom. The van der Waals surface area contributed by atoms with Crippen molar-refractivity contribution in [1.82, 2.24) is 15.5 Å². The molecule has 1 saturated heterocycles. The standard InChI is InChI=1S/C16H25N3O/c1-13-4-6-14(7-5-13)10-18-15(20)11-19-9-8-17-12-16(19,2)3/h4-7,17H,8-12H2,1-3H3,(H,18,20). The first-order chi connectivity index (χ1) is 9.47. The molecule has 1 amide bonds. The van der Waals surface area contributed by atoms with Crippen LogP contribution in [0.1, 0.15) is 25.0 Å². The third kappa shape index (κ3) is 4.05. The van der Waals surface area contributed by atoms with Crippen molar-refractivity contribution < 1.29 is 4.79 Å². The fourth-order valence-electron chi connectivity index (χ4n) is 2.45. The molecule has 4 nitrogen and oxygen atoms in total. The predicted octanol–water partition coefficient (Wildman–Crippen LogP) is 1.30. The quantitative estimate of drug-likeness (QED) is 0.870. The van der Waals surface area contributed by atoms with Gasteiger partial charge in [-0.1, -0.05) is 29.8 Å². The van der Waals surface area contributed by atoms with Crippen LogP contribution in [0.3, 0.4) is 0 Å². The average molecular weight is 275 g/mol. The van der Waals surface area contributed by atoms with Gasteiger partial charge in [0.1, 0.15) is 0 Å². The Labute approximate surface area is 121 Å². The van der Waals surface area contributed by atoms with E-state index in [1.807, 2.05) is 0 Å². The Morgan fingerprint density at radius 1 is 1.35 bits per heavy atom. The molecule has 0 aromatic heterocycles. The van der Waals surface area contributed by atoms with Crippen molar-refractivity contribution in [1.29, 1.82) is 0 Å². The summed E-state index contributed by atoms with van der Waals surface area (Å²) in [6.07, 6.45) is 0. The zero-order valence-electron chi connectivity index (χ0n) is 12.7. The van der Waals surface area contributed by atoms with Gasteiger partial charge in [0.05, 0.1) is 6.54 Å². The molecule has 1 aromatic carbocycles. The van der Waals surface area contributed by atoms with Crippen molar-refractivity contribution in [2.75, 3.05) is 26.2 Å². The number of amides is 1. The number of nitrogens with zero attached hydrogens (tertiary/aromatic N) is 1. The summed E-state index contributed by atoms with van der Waals surface area (Å²) in [6.45, 7) is 10.3. The summed E-state index contributed by atoms with van der Waals surface area (Å²) in [7, 11) is 0. The van der Waals surface area contributed by atoms with Crippen molar-refractivity contribution in [3.05, 3.63) is 35.4 Å². The van der Waals surface area contributed by atoms with Gasteiger partial charge < -0.3 is 10.6 Å². The van der Waals surface area contributed by atoms with Crippen LogP contribution in [0.4, 0.5) is 0 Å². The second kappa shape index (κ2) is 6.37. The van der Waals surface area contributed by atoms with Gasteiger partial charge in [-0.15, -0.1) is 0 Å². The lowest BCUT2D eigenvalue weighted by Gasteiger charge is -2.42. The number of hydrogen-bond donors (Lipinski definition) is 2. The van der Waals surface area contributed by atoms with E-state index < -0.39 is 0 Å². The normalized spacial score (nSPS) is 18.8. The predicted molar refractivity (Wildman–Crippen MR) is 81.5 cm³/mol. The van der Waals surface area contributed by atoms with Crippen LogP contribution in [0.2, 0.25) is 0 Å². The van der Waals surface area contributed by atoms with Crippen LogP contribution in [-0.2, 0) is 11.3 Å². The first-order valence-corrected chi connectivity index (χ1v) is 7.25. The molecule has 2 N–H and O–H groups in total. The lowest BCUT2D eigenvalue weighted by Crippen LogP contribution is -2.59. The second-order valence-electron chi connectivity index (χ2n) is 6.17. The molecule has 0 bridgehead atoms. The van der Waals surface area contributed by atoms with Crippen molar-refractivity contribution in [3.63, 3.8) is 0 Å². The Morgan fingerprint density at radius 3 is 2.70 bits per heavy atom. The van der Waals surface area contributed by atoms with Crippen LogP contribution in [0.5, 0.6) is 0 Å². The molecule has 0 atom stereocenters. The van der Waals surface area contributed by atoms with Crippen LogP contribution < -0.4 is 10.6 Å². The topological polar surface area (TPSA) is 44.4 Å². The van der Waals surface area contributed by atoms with E-state index in [1.165, 1.54) is 5.56 Å². The van der Waals surface area contributed by atoms with Gasteiger partial charge in [-0.3, -0.25) is 9.69 Å². The molecule has 1 aromatic rings. The Balaban J connectivity index is 1.81. The third-order valence-corrected chi connectivity index (χ3v) is 3.92. The van der Waals surface area contributed by atoms with Crippen LogP contribution in [0.25, 0.3) is 0 Å². The minimum Gasteiger partial charge on any atom is -0.351 e. The van der Waals surface area contributed by atoms with Crippen molar-refractivity contribution >= 4 is 5.91 Å². The number of nitrogens with one attached hydrogen (secondary N) is 2. The number of hydrogen-bond acceptors (Lipinski definition) is 3. The molecular weight excluding hydrogens is 250 g/mol. The van der Waals surface area contributed by atoms with E-state index in [0.717, 1.165) is 25.2 Å². The minimum absolute atomic E-state index is 0.0411. The highest BCUT2D eigenvalue weighted by atomic mass is 16.2. The van der Waals surface area contributed by atoms with Gasteiger partial charge in [0.2, 0.25) is 5.91 Å². The van der Waals surface area contributed by atoms with Gasteiger partial charge in [-0.05, 0) is 26.3 Å². The summed E-state index contributed by atoms with van der Waals surface area (Å²) in [5, 5.41) is 6.37. The molecule has 0 radical (unpaired) electrons. The van der Waals surface area contributed by atoms with Gasteiger partial charge in [0, 0.05) is 31.7 Å². The van der Waals surface area contributed by atoms with Gasteiger partial charge in [-0.25, -0.2) is 0 Å². The van der Waals surface area contributed by atoms with E-state index in [4.69, 9.17) is 0 Å². The number of benzene rings is 1. The molecular formula is C16H25N3O. The number of carbonyl (C=O) groups excluding carboxylic acids is 1. The Kier molecular flexibility index (Phi) is 4.78. The van der Waals surface area contributed by atoms with Crippen LogP contribution in [-0.4, -0.2) is 42.5 Å². The zero-order valence-corrected chi connectivity index (χ0v) is 12.7. The van der Waals surface area contributed by atoms with Crippen molar-refractivity contribution in [2.45, 2.75) is 32.9 Å². The summed E-state index contributed by atoms with van der Waals surface area (Å²) in [6, 6.07) is 8.26. The van der Waals surface area contributed by atoms with E-state index in [0.29, 0.717) is 13.1 Å². The van der Waals surface area contributed by atoms with Gasteiger partial charge in [0.25, 0.3) is 0 Å². The first kappa shape index (κ1) is 15.0. The molecule has 20 heavy (non-hydrogen) atoms. The molecule has 4 heteroatoms. The van der Waals surface area contributed by atoms with Crippen LogP contribution >= 0.6 is 0 Å². The average Bonchev–Trinajstić information content (AvgIpc) is 2.40. The van der Waals surface area contributed by atoms with E-state index in [1.54, 1.807) is 0 Å². The van der Waals surface area contributed by atoms with Crippen LogP contribution in [0, 0.1) is 6.92 Å². The summed E-state index contributed by atoms with van der Waals surface area (Å²) in [4.78, 5) is 14.3. The highest BCUT2D eigenvalue weighted by Crippen LogP contribution is 2.15. The number of carbonyl (C=O) groups is 1. The molecule has 2 rings (SSSR count). The molecule has 0 saturated carbocycles. The summed E-state index contributed by atoms with van der Waals surface area (Å²) < 4.78 is 0. The minimum atomic E-state index is 0.0411. The number of rotatable bonds is 4. The fourth-order valence-corrected chi connectivity index (χ4v) is 2.45. The molecule has 0 unspecified atom stereocenters. The Bertz CT molecular complexity index is 453. The van der Waals surface area contributed by atoms with E-state index >= 15 is 0 Å². The summed E-state index contributed by atoms with van der Waals surface area (Å²) >= 11 is 0. The van der Waals surface area contributed by atoms with Gasteiger partial charge in [-0.2, -0.15) is 0 Å². The first-order valence-electron chi connectivity index (χ1n) is 7.25. The number of piperazine rings is 1. The zero-order chi connectivity index (χ0) is 14.6. The lowest BCUT2D eigenvalue weighted by atomic mass is 10.0. The van der Waals surface area contributed by atoms with E-state index in [9.17, 15) is 4.79 Å². The lowest BCUT2D eigenvalue weighted by molar-refractivity contribution is -0.124. The molecule has 0 spiro atoms. The largest absolute Gasteiger partial charge is 0.351 e. The van der Waals surface area contributed by atoms with E-state index in [-0.39, 0.29) is 11.4 Å². The van der Waals surface area contributed by atoms with Crippen molar-refractivity contribution in [3.8, 4) is 0 Å². The Hall–Kier alpha value is -1.39. The highest BCUT2D eigenvalue weighted by Gasteiger charge is 2.30. The monoisotopic (exact) mass is 275 g/mol.